The first-order valence-corrected chi connectivity index (χ1v) is 8.12. The molecule has 1 heterocycles. The molecule has 3 aromatic rings. The van der Waals surface area contributed by atoms with Gasteiger partial charge in [-0.2, -0.15) is 0 Å². The molecule has 0 N–H and O–H groups in total. The summed E-state index contributed by atoms with van der Waals surface area (Å²) >= 11 is 11.9. The highest BCUT2D eigenvalue weighted by atomic mass is 35.5. The van der Waals surface area contributed by atoms with Crippen LogP contribution in [0.4, 0.5) is 0 Å². The van der Waals surface area contributed by atoms with Gasteiger partial charge in [0.2, 0.25) is 0 Å². The first-order chi connectivity index (χ1) is 11.6. The monoisotopic (exact) mass is 360 g/mol. The lowest BCUT2D eigenvalue weighted by Gasteiger charge is -2.08. The fourth-order valence-corrected chi connectivity index (χ4v) is 2.54. The van der Waals surface area contributed by atoms with Crippen LogP contribution in [0.15, 0.2) is 54.7 Å². The van der Waals surface area contributed by atoms with Gasteiger partial charge in [-0.15, -0.1) is 0 Å². The molecule has 0 unspecified atom stereocenters. The van der Waals surface area contributed by atoms with Crippen molar-refractivity contribution in [1.82, 2.24) is 9.55 Å². The average molecular weight is 361 g/mol. The molecule has 3 rings (SSSR count). The number of carbonyl (C=O) groups is 1. The molecule has 0 amide bonds. The Morgan fingerprint density at radius 2 is 1.62 bits per heavy atom. The summed E-state index contributed by atoms with van der Waals surface area (Å²) in [5.41, 5.74) is 1.93. The van der Waals surface area contributed by atoms with Gasteiger partial charge in [0.05, 0.1) is 6.61 Å². The molecular weight excluding hydrogens is 347 g/mol. The summed E-state index contributed by atoms with van der Waals surface area (Å²) in [4.78, 5) is 16.5. The van der Waals surface area contributed by atoms with Crippen molar-refractivity contribution < 1.29 is 9.53 Å². The molecule has 1 aromatic heterocycles. The summed E-state index contributed by atoms with van der Waals surface area (Å²) in [5, 5.41) is 1.27. The number of ether oxygens (including phenoxy) is 1. The summed E-state index contributed by atoms with van der Waals surface area (Å²) < 4.78 is 6.87. The molecule has 0 fully saturated rings. The van der Waals surface area contributed by atoms with E-state index in [2.05, 4.69) is 4.98 Å². The third-order valence-corrected chi connectivity index (χ3v) is 3.90. The van der Waals surface area contributed by atoms with Gasteiger partial charge in [0.1, 0.15) is 5.82 Å². The lowest BCUT2D eigenvalue weighted by molar-refractivity contribution is 0.0520. The van der Waals surface area contributed by atoms with Crippen LogP contribution in [0, 0.1) is 0 Å². The molecular formula is C18H14Cl2N2O2. The van der Waals surface area contributed by atoms with Crippen molar-refractivity contribution in [2.45, 2.75) is 6.92 Å². The van der Waals surface area contributed by atoms with E-state index >= 15 is 0 Å². The van der Waals surface area contributed by atoms with Gasteiger partial charge in [-0.25, -0.2) is 9.78 Å². The molecule has 4 nitrogen and oxygen atoms in total. The highest BCUT2D eigenvalue weighted by molar-refractivity contribution is 6.30. The highest BCUT2D eigenvalue weighted by Crippen LogP contribution is 2.25. The number of rotatable bonds is 4. The maximum Gasteiger partial charge on any atom is 0.358 e. The van der Waals surface area contributed by atoms with Crippen molar-refractivity contribution in [2.75, 3.05) is 6.61 Å². The number of esters is 1. The van der Waals surface area contributed by atoms with Gasteiger partial charge in [0, 0.05) is 27.5 Å². The van der Waals surface area contributed by atoms with Crippen molar-refractivity contribution in [3.63, 3.8) is 0 Å². The molecule has 0 aliphatic rings. The molecule has 2 aromatic carbocycles. The quantitative estimate of drug-likeness (QED) is 0.613. The van der Waals surface area contributed by atoms with Crippen molar-refractivity contribution in [3.05, 3.63) is 70.5 Å². The van der Waals surface area contributed by atoms with Crippen LogP contribution in [0.2, 0.25) is 10.0 Å². The van der Waals surface area contributed by atoms with Gasteiger partial charge in [0.25, 0.3) is 0 Å². The van der Waals surface area contributed by atoms with Crippen molar-refractivity contribution in [1.29, 1.82) is 0 Å². The predicted molar refractivity (Wildman–Crippen MR) is 95.0 cm³/mol. The number of imidazole rings is 1. The summed E-state index contributed by atoms with van der Waals surface area (Å²) in [6.07, 6.45) is 1.66. The maximum atomic E-state index is 12.0. The number of carbonyl (C=O) groups excluding carboxylic acids is 1. The van der Waals surface area contributed by atoms with Crippen LogP contribution >= 0.6 is 23.2 Å². The molecule has 0 bridgehead atoms. The van der Waals surface area contributed by atoms with Crippen molar-refractivity contribution in [3.8, 4) is 17.1 Å². The number of hydrogen-bond donors (Lipinski definition) is 0. The van der Waals surface area contributed by atoms with Crippen molar-refractivity contribution >= 4 is 29.2 Å². The van der Waals surface area contributed by atoms with Crippen LogP contribution < -0.4 is 0 Å². The molecule has 0 aliphatic carbocycles. The van der Waals surface area contributed by atoms with Gasteiger partial charge in [-0.1, -0.05) is 23.2 Å². The van der Waals surface area contributed by atoms with E-state index in [1.54, 1.807) is 37.4 Å². The number of nitrogens with zero attached hydrogens (tertiary/aromatic N) is 2. The molecule has 0 radical (unpaired) electrons. The predicted octanol–water partition coefficient (Wildman–Crippen LogP) is 5.02. The standard InChI is InChI=1S/C18H14Cl2N2O2/c1-2-24-18(23)16-11-22(15-9-7-14(20)8-10-15)17(21-16)12-3-5-13(19)6-4-12/h3-11H,2H2,1H3. The van der Waals surface area contributed by atoms with E-state index in [0.29, 0.717) is 22.5 Å². The highest BCUT2D eigenvalue weighted by Gasteiger charge is 2.17. The summed E-state index contributed by atoms with van der Waals surface area (Å²) in [7, 11) is 0. The second kappa shape index (κ2) is 7.07. The Kier molecular flexibility index (Phi) is 4.88. The summed E-state index contributed by atoms with van der Waals surface area (Å²) in [6, 6.07) is 14.6. The minimum atomic E-state index is -0.458. The third-order valence-electron chi connectivity index (χ3n) is 3.40. The molecule has 0 spiro atoms. The molecule has 0 atom stereocenters. The largest absolute Gasteiger partial charge is 0.461 e. The van der Waals surface area contributed by atoms with E-state index in [9.17, 15) is 4.79 Å². The Balaban J connectivity index is 2.12. The molecule has 0 saturated carbocycles. The van der Waals surface area contributed by atoms with E-state index in [-0.39, 0.29) is 5.69 Å². The second-order valence-electron chi connectivity index (χ2n) is 5.02. The van der Waals surface area contributed by atoms with Crippen LogP contribution in [-0.2, 0) is 4.74 Å². The Morgan fingerprint density at radius 3 is 2.21 bits per heavy atom. The molecule has 6 heteroatoms. The zero-order valence-corrected chi connectivity index (χ0v) is 14.4. The average Bonchev–Trinajstić information content (AvgIpc) is 3.02. The van der Waals surface area contributed by atoms with Crippen molar-refractivity contribution in [2.24, 2.45) is 0 Å². The normalized spacial score (nSPS) is 10.6. The third kappa shape index (κ3) is 3.45. The number of aromatic nitrogens is 2. The lowest BCUT2D eigenvalue weighted by Crippen LogP contribution is -2.04. The summed E-state index contributed by atoms with van der Waals surface area (Å²) in [6.45, 7) is 2.05. The maximum absolute atomic E-state index is 12.0. The number of benzene rings is 2. The summed E-state index contributed by atoms with van der Waals surface area (Å²) in [5.74, 6) is 0.164. The van der Waals surface area contributed by atoms with E-state index in [4.69, 9.17) is 27.9 Å². The van der Waals surface area contributed by atoms with E-state index < -0.39 is 5.97 Å². The Bertz CT molecular complexity index is 793. The first-order valence-electron chi connectivity index (χ1n) is 7.37. The molecule has 24 heavy (non-hydrogen) atoms. The first kappa shape index (κ1) is 16.6. The zero-order valence-electron chi connectivity index (χ0n) is 12.9. The Hall–Kier alpha value is -2.30. The van der Waals surface area contributed by atoms with Gasteiger partial charge in [-0.3, -0.25) is 4.57 Å². The number of hydrogen-bond acceptors (Lipinski definition) is 3. The smallest absolute Gasteiger partial charge is 0.358 e. The fourth-order valence-electron chi connectivity index (χ4n) is 2.28. The van der Waals surface area contributed by atoms with E-state index in [0.717, 1.165) is 11.3 Å². The molecule has 0 saturated heterocycles. The topological polar surface area (TPSA) is 44.1 Å². The SMILES string of the molecule is CCOC(=O)c1cn(-c2ccc(Cl)cc2)c(-c2ccc(Cl)cc2)n1. The minimum absolute atomic E-state index is 0.247. The zero-order chi connectivity index (χ0) is 17.1. The lowest BCUT2D eigenvalue weighted by atomic mass is 10.2. The fraction of sp³-hybridized carbons (Fsp3) is 0.111. The van der Waals surface area contributed by atoms with Crippen LogP contribution in [0.5, 0.6) is 0 Å². The van der Waals surface area contributed by atoms with Crippen LogP contribution in [0.25, 0.3) is 17.1 Å². The van der Waals surface area contributed by atoms with Gasteiger partial charge in [-0.05, 0) is 55.5 Å². The van der Waals surface area contributed by atoms with Crippen LogP contribution in [-0.4, -0.2) is 22.1 Å². The van der Waals surface area contributed by atoms with Gasteiger partial charge >= 0.3 is 5.97 Å². The van der Waals surface area contributed by atoms with Crippen LogP contribution in [0.1, 0.15) is 17.4 Å². The Morgan fingerprint density at radius 1 is 1.04 bits per heavy atom. The van der Waals surface area contributed by atoms with E-state index in [1.165, 1.54) is 0 Å². The Labute approximate surface area is 149 Å². The van der Waals surface area contributed by atoms with E-state index in [1.807, 2.05) is 28.8 Å². The van der Waals surface area contributed by atoms with Crippen LogP contribution in [0.3, 0.4) is 0 Å². The molecule has 0 aliphatic heterocycles. The minimum Gasteiger partial charge on any atom is -0.461 e. The molecule has 122 valence electrons. The second-order valence-corrected chi connectivity index (χ2v) is 5.90. The number of halogens is 2. The van der Waals surface area contributed by atoms with Gasteiger partial charge < -0.3 is 4.74 Å². The van der Waals surface area contributed by atoms with Gasteiger partial charge in [0.15, 0.2) is 5.69 Å².